The van der Waals surface area contributed by atoms with Crippen molar-refractivity contribution in [2.24, 2.45) is 5.73 Å². The molecule has 4 N–H and O–H groups in total. The first kappa shape index (κ1) is 18.4. The van der Waals surface area contributed by atoms with E-state index in [1.54, 1.807) is 30.3 Å². The second-order valence-corrected chi connectivity index (χ2v) is 5.77. The van der Waals surface area contributed by atoms with Gasteiger partial charge in [-0.2, -0.15) is 0 Å². The van der Waals surface area contributed by atoms with E-state index in [1.807, 2.05) is 0 Å². The Morgan fingerprint density at radius 2 is 2.00 bits per heavy atom. The summed E-state index contributed by atoms with van der Waals surface area (Å²) in [5.74, 6) is -1.39. The van der Waals surface area contributed by atoms with Crippen molar-refractivity contribution in [3.63, 3.8) is 0 Å². The maximum atomic E-state index is 12.4. The summed E-state index contributed by atoms with van der Waals surface area (Å²) in [6, 6.07) is 8.76. The number of anilines is 1. The number of amides is 3. The molecule has 130 valence electrons. The van der Waals surface area contributed by atoms with E-state index in [0.717, 1.165) is 0 Å². The van der Waals surface area contributed by atoms with E-state index in [2.05, 4.69) is 15.6 Å². The van der Waals surface area contributed by atoms with Gasteiger partial charge in [-0.3, -0.25) is 14.4 Å². The highest BCUT2D eigenvalue weighted by atomic mass is 35.5. The number of aromatic nitrogens is 1. The van der Waals surface area contributed by atoms with Gasteiger partial charge in [-0.1, -0.05) is 23.7 Å². The molecule has 25 heavy (non-hydrogen) atoms. The highest BCUT2D eigenvalue weighted by Gasteiger charge is 2.20. The molecule has 8 heteroatoms. The van der Waals surface area contributed by atoms with Gasteiger partial charge in [-0.05, 0) is 29.8 Å². The van der Waals surface area contributed by atoms with Crippen LogP contribution < -0.4 is 16.4 Å². The Bertz CT molecular complexity index is 793. The molecule has 3 amide bonds. The molecule has 0 radical (unpaired) electrons. The summed E-state index contributed by atoms with van der Waals surface area (Å²) < 4.78 is 0. The fourth-order valence-electron chi connectivity index (χ4n) is 2.17. The van der Waals surface area contributed by atoms with Crippen LogP contribution in [0.3, 0.4) is 0 Å². The Labute approximate surface area is 149 Å². The summed E-state index contributed by atoms with van der Waals surface area (Å²) in [7, 11) is 0. The molecule has 2 aromatic rings. The van der Waals surface area contributed by atoms with Gasteiger partial charge in [0.25, 0.3) is 5.91 Å². The standard InChI is InChI=1S/C17H17ClN4O3/c1-10(23)21-13-4-2-3-12(8-13)17(25)22-14(16(19)24)7-11-5-6-15(18)20-9-11/h2-6,8-9,14H,7H2,1H3,(H2,19,24)(H,21,23)(H,22,25)/t14-/m0/s1. The fraction of sp³-hybridized carbons (Fsp3) is 0.176. The van der Waals surface area contributed by atoms with Gasteiger partial charge in [0.05, 0.1) is 0 Å². The number of nitrogens with two attached hydrogens (primary N) is 1. The van der Waals surface area contributed by atoms with Gasteiger partial charge >= 0.3 is 0 Å². The largest absolute Gasteiger partial charge is 0.368 e. The Kier molecular flexibility index (Phi) is 6.08. The van der Waals surface area contributed by atoms with Crippen LogP contribution >= 0.6 is 11.6 Å². The molecule has 0 aliphatic carbocycles. The Hall–Kier alpha value is -2.93. The number of carbonyl (C=O) groups is 3. The van der Waals surface area contributed by atoms with E-state index in [9.17, 15) is 14.4 Å². The first-order chi connectivity index (χ1) is 11.8. The van der Waals surface area contributed by atoms with Crippen molar-refractivity contribution >= 4 is 35.0 Å². The van der Waals surface area contributed by atoms with Crippen LogP contribution in [0.5, 0.6) is 0 Å². The Morgan fingerprint density at radius 3 is 2.60 bits per heavy atom. The smallest absolute Gasteiger partial charge is 0.252 e. The third-order valence-corrected chi connectivity index (χ3v) is 3.55. The zero-order valence-electron chi connectivity index (χ0n) is 13.5. The molecule has 0 saturated heterocycles. The van der Waals surface area contributed by atoms with Crippen molar-refractivity contribution in [3.05, 3.63) is 58.9 Å². The summed E-state index contributed by atoms with van der Waals surface area (Å²) in [6.07, 6.45) is 1.71. The zero-order chi connectivity index (χ0) is 18.4. The molecule has 0 bridgehead atoms. The predicted octanol–water partition coefficient (Wildman–Crippen LogP) is 1.52. The summed E-state index contributed by atoms with van der Waals surface area (Å²) in [6.45, 7) is 1.37. The van der Waals surface area contributed by atoms with Crippen molar-refractivity contribution < 1.29 is 14.4 Å². The van der Waals surface area contributed by atoms with Crippen LogP contribution in [0.25, 0.3) is 0 Å². The number of nitrogens with zero attached hydrogens (tertiary/aromatic N) is 1. The summed E-state index contributed by atoms with van der Waals surface area (Å²) >= 11 is 5.72. The molecule has 0 unspecified atom stereocenters. The normalized spacial score (nSPS) is 11.4. The van der Waals surface area contributed by atoms with E-state index < -0.39 is 17.9 Å². The number of carbonyl (C=O) groups excluding carboxylic acids is 3. The molecule has 0 saturated carbocycles. The average molecular weight is 361 g/mol. The van der Waals surface area contributed by atoms with Gasteiger partial charge in [-0.25, -0.2) is 4.98 Å². The first-order valence-corrected chi connectivity index (χ1v) is 7.81. The van der Waals surface area contributed by atoms with Crippen molar-refractivity contribution in [2.75, 3.05) is 5.32 Å². The number of nitrogens with one attached hydrogen (secondary N) is 2. The maximum Gasteiger partial charge on any atom is 0.252 e. The van der Waals surface area contributed by atoms with E-state index in [1.165, 1.54) is 19.2 Å². The van der Waals surface area contributed by atoms with Crippen LogP contribution in [0.15, 0.2) is 42.6 Å². The number of halogens is 1. The number of rotatable bonds is 6. The molecule has 0 fully saturated rings. The molecule has 1 heterocycles. The van der Waals surface area contributed by atoms with E-state index in [4.69, 9.17) is 17.3 Å². The second-order valence-electron chi connectivity index (χ2n) is 5.38. The van der Waals surface area contributed by atoms with Gasteiger partial charge in [0.2, 0.25) is 11.8 Å². The van der Waals surface area contributed by atoms with Crippen LogP contribution in [0, 0.1) is 0 Å². The van der Waals surface area contributed by atoms with Crippen molar-refractivity contribution in [1.29, 1.82) is 0 Å². The topological polar surface area (TPSA) is 114 Å². The van der Waals surface area contributed by atoms with Gasteiger partial charge in [0.1, 0.15) is 11.2 Å². The van der Waals surface area contributed by atoms with Crippen molar-refractivity contribution in [2.45, 2.75) is 19.4 Å². The van der Waals surface area contributed by atoms with Gasteiger partial charge in [0, 0.05) is 30.8 Å². The van der Waals surface area contributed by atoms with Crippen LogP contribution in [0.2, 0.25) is 5.15 Å². The number of benzene rings is 1. The molecule has 1 aromatic carbocycles. The lowest BCUT2D eigenvalue weighted by Crippen LogP contribution is -2.45. The van der Waals surface area contributed by atoms with E-state index in [-0.39, 0.29) is 12.3 Å². The molecule has 0 aliphatic rings. The second kappa shape index (κ2) is 8.25. The average Bonchev–Trinajstić information content (AvgIpc) is 2.55. The number of pyridine rings is 1. The molecular formula is C17H17ClN4O3. The summed E-state index contributed by atoms with van der Waals surface area (Å²) in [5.41, 5.74) is 6.87. The maximum absolute atomic E-state index is 12.4. The van der Waals surface area contributed by atoms with E-state index >= 15 is 0 Å². The van der Waals surface area contributed by atoms with E-state index in [0.29, 0.717) is 22.0 Å². The Morgan fingerprint density at radius 1 is 1.24 bits per heavy atom. The molecule has 0 spiro atoms. The summed E-state index contributed by atoms with van der Waals surface area (Å²) in [4.78, 5) is 39.1. The van der Waals surface area contributed by atoms with Gasteiger partial charge in [0.15, 0.2) is 0 Å². The third kappa shape index (κ3) is 5.58. The number of hydrogen-bond donors (Lipinski definition) is 3. The minimum Gasteiger partial charge on any atom is -0.368 e. The first-order valence-electron chi connectivity index (χ1n) is 7.43. The molecule has 2 rings (SSSR count). The number of hydrogen-bond acceptors (Lipinski definition) is 4. The van der Waals surface area contributed by atoms with Gasteiger partial charge < -0.3 is 16.4 Å². The molecule has 7 nitrogen and oxygen atoms in total. The minimum absolute atomic E-state index is 0.191. The molecule has 0 aliphatic heterocycles. The van der Waals surface area contributed by atoms with Crippen LogP contribution in [0.1, 0.15) is 22.8 Å². The van der Waals surface area contributed by atoms with Crippen LogP contribution in [-0.4, -0.2) is 28.7 Å². The molecular weight excluding hydrogens is 344 g/mol. The van der Waals surface area contributed by atoms with Crippen molar-refractivity contribution in [3.8, 4) is 0 Å². The predicted molar refractivity (Wildman–Crippen MR) is 94.1 cm³/mol. The van der Waals surface area contributed by atoms with Crippen LogP contribution in [-0.2, 0) is 16.0 Å². The molecule has 1 atom stereocenters. The number of primary amides is 1. The third-order valence-electron chi connectivity index (χ3n) is 3.32. The van der Waals surface area contributed by atoms with Gasteiger partial charge in [-0.15, -0.1) is 0 Å². The lowest BCUT2D eigenvalue weighted by atomic mass is 10.1. The highest BCUT2D eigenvalue weighted by Crippen LogP contribution is 2.12. The zero-order valence-corrected chi connectivity index (χ0v) is 14.2. The summed E-state index contributed by atoms with van der Waals surface area (Å²) in [5, 5.41) is 5.51. The van der Waals surface area contributed by atoms with Crippen LogP contribution in [0.4, 0.5) is 5.69 Å². The lowest BCUT2D eigenvalue weighted by Gasteiger charge is -2.16. The minimum atomic E-state index is -0.903. The SMILES string of the molecule is CC(=O)Nc1cccc(C(=O)N[C@@H](Cc2ccc(Cl)nc2)C(N)=O)c1. The lowest BCUT2D eigenvalue weighted by molar-refractivity contribution is -0.119. The monoisotopic (exact) mass is 360 g/mol. The fourth-order valence-corrected chi connectivity index (χ4v) is 2.28. The Balaban J connectivity index is 2.11. The van der Waals surface area contributed by atoms with Crippen molar-refractivity contribution in [1.82, 2.24) is 10.3 Å². The quantitative estimate of drug-likeness (QED) is 0.677. The molecule has 1 aromatic heterocycles. The highest BCUT2D eigenvalue weighted by molar-refractivity contribution is 6.29.